The molecular formula is C22H25ClN2O. The molecule has 2 aromatic carbocycles. The van der Waals surface area contributed by atoms with Gasteiger partial charge >= 0.3 is 0 Å². The van der Waals surface area contributed by atoms with Gasteiger partial charge in [-0.15, -0.1) is 0 Å². The second-order valence-electron chi connectivity index (χ2n) is 7.52. The lowest BCUT2D eigenvalue weighted by Gasteiger charge is -2.45. The SMILES string of the molecule is O=C(N1CCC(Nc2ccccc2)CC1)C1(c2ccc(Cl)cc2)CCC1. The third-order valence-electron chi connectivity index (χ3n) is 5.94. The van der Waals surface area contributed by atoms with Crippen LogP contribution in [-0.2, 0) is 10.2 Å². The van der Waals surface area contributed by atoms with Crippen molar-refractivity contribution >= 4 is 23.2 Å². The first-order valence-electron chi connectivity index (χ1n) is 9.54. The molecule has 0 unspecified atom stereocenters. The van der Waals surface area contributed by atoms with E-state index in [4.69, 9.17) is 11.6 Å². The molecule has 1 aliphatic heterocycles. The van der Waals surface area contributed by atoms with E-state index in [0.717, 1.165) is 61.5 Å². The van der Waals surface area contributed by atoms with E-state index < -0.39 is 0 Å². The second-order valence-corrected chi connectivity index (χ2v) is 7.96. The third kappa shape index (κ3) is 3.33. The minimum Gasteiger partial charge on any atom is -0.382 e. The van der Waals surface area contributed by atoms with Gasteiger partial charge in [0.15, 0.2) is 0 Å². The van der Waals surface area contributed by atoms with Gasteiger partial charge in [0.05, 0.1) is 5.41 Å². The van der Waals surface area contributed by atoms with Crippen LogP contribution in [0.5, 0.6) is 0 Å². The fraction of sp³-hybridized carbons (Fsp3) is 0.409. The Kier molecular flexibility index (Phi) is 4.90. The average Bonchev–Trinajstić information content (AvgIpc) is 2.64. The molecule has 1 amide bonds. The van der Waals surface area contributed by atoms with Gasteiger partial charge in [-0.25, -0.2) is 0 Å². The Morgan fingerprint density at radius 3 is 2.23 bits per heavy atom. The van der Waals surface area contributed by atoms with E-state index in [9.17, 15) is 4.79 Å². The number of likely N-dealkylation sites (tertiary alicyclic amines) is 1. The summed E-state index contributed by atoms with van der Waals surface area (Å²) in [7, 11) is 0. The lowest BCUT2D eigenvalue weighted by atomic mass is 9.63. The van der Waals surface area contributed by atoms with Crippen molar-refractivity contribution in [1.29, 1.82) is 0 Å². The Morgan fingerprint density at radius 2 is 1.65 bits per heavy atom. The molecule has 0 spiro atoms. The third-order valence-corrected chi connectivity index (χ3v) is 6.19. The summed E-state index contributed by atoms with van der Waals surface area (Å²) >= 11 is 6.03. The number of hydrogen-bond donors (Lipinski definition) is 1. The van der Waals surface area contributed by atoms with Crippen LogP contribution in [0.2, 0.25) is 5.02 Å². The number of piperidine rings is 1. The maximum atomic E-state index is 13.3. The molecular weight excluding hydrogens is 344 g/mol. The number of nitrogens with zero attached hydrogens (tertiary/aromatic N) is 1. The Balaban J connectivity index is 1.40. The van der Waals surface area contributed by atoms with E-state index in [1.165, 1.54) is 0 Å². The number of amides is 1. The summed E-state index contributed by atoms with van der Waals surface area (Å²) in [5.41, 5.74) is 1.97. The van der Waals surface area contributed by atoms with Crippen molar-refractivity contribution in [3.05, 3.63) is 65.2 Å². The maximum Gasteiger partial charge on any atom is 0.233 e. The van der Waals surface area contributed by atoms with Crippen LogP contribution >= 0.6 is 11.6 Å². The standard InChI is InChI=1S/C22H25ClN2O/c23-18-9-7-17(8-10-18)22(13-4-14-22)21(26)25-15-11-20(12-16-25)24-19-5-2-1-3-6-19/h1-3,5-10,20,24H,4,11-16H2. The molecule has 1 saturated carbocycles. The van der Waals surface area contributed by atoms with Crippen molar-refractivity contribution in [3.8, 4) is 0 Å². The van der Waals surface area contributed by atoms with Gasteiger partial charge in [0.25, 0.3) is 0 Å². The van der Waals surface area contributed by atoms with Crippen molar-refractivity contribution in [1.82, 2.24) is 4.90 Å². The first-order chi connectivity index (χ1) is 12.7. The van der Waals surface area contributed by atoms with Crippen molar-refractivity contribution < 1.29 is 4.79 Å². The van der Waals surface area contributed by atoms with Gasteiger partial charge in [-0.3, -0.25) is 4.79 Å². The summed E-state index contributed by atoms with van der Waals surface area (Å²) in [5.74, 6) is 0.309. The first-order valence-corrected chi connectivity index (χ1v) is 9.92. The number of nitrogens with one attached hydrogen (secondary N) is 1. The zero-order valence-electron chi connectivity index (χ0n) is 15.0. The fourth-order valence-corrected chi connectivity index (χ4v) is 4.35. The van der Waals surface area contributed by atoms with Crippen LogP contribution in [0, 0.1) is 0 Å². The molecule has 2 aliphatic rings. The van der Waals surface area contributed by atoms with Gasteiger partial charge in [0.2, 0.25) is 5.91 Å². The van der Waals surface area contributed by atoms with Crippen LogP contribution in [-0.4, -0.2) is 29.9 Å². The van der Waals surface area contributed by atoms with Crippen molar-refractivity contribution in [2.24, 2.45) is 0 Å². The summed E-state index contributed by atoms with van der Waals surface area (Å²) in [6, 6.07) is 18.6. The van der Waals surface area contributed by atoms with Gasteiger partial charge in [-0.05, 0) is 55.5 Å². The molecule has 0 atom stereocenters. The molecule has 2 aromatic rings. The molecule has 3 nitrogen and oxygen atoms in total. The lowest BCUT2D eigenvalue weighted by Crippen LogP contribution is -2.54. The van der Waals surface area contributed by atoms with Crippen LogP contribution in [0.25, 0.3) is 0 Å². The van der Waals surface area contributed by atoms with Crippen molar-refractivity contribution in [2.45, 2.75) is 43.6 Å². The average molecular weight is 369 g/mol. The molecule has 0 aromatic heterocycles. The van der Waals surface area contributed by atoms with Gasteiger partial charge in [-0.2, -0.15) is 0 Å². The first kappa shape index (κ1) is 17.4. The number of benzene rings is 2. The molecule has 136 valence electrons. The predicted molar refractivity (Wildman–Crippen MR) is 107 cm³/mol. The molecule has 0 radical (unpaired) electrons. The van der Waals surface area contributed by atoms with Crippen LogP contribution in [0.4, 0.5) is 5.69 Å². The Bertz CT molecular complexity index is 747. The minimum absolute atomic E-state index is 0.309. The van der Waals surface area contributed by atoms with Gasteiger partial charge < -0.3 is 10.2 Å². The highest BCUT2D eigenvalue weighted by molar-refractivity contribution is 6.30. The molecule has 4 rings (SSSR count). The number of carbonyl (C=O) groups excluding carboxylic acids is 1. The zero-order valence-corrected chi connectivity index (χ0v) is 15.7. The number of para-hydroxylation sites is 1. The number of hydrogen-bond acceptors (Lipinski definition) is 2. The van der Waals surface area contributed by atoms with Crippen LogP contribution in [0.3, 0.4) is 0 Å². The van der Waals surface area contributed by atoms with E-state index in [1.54, 1.807) is 0 Å². The Hall–Kier alpha value is -2.00. The Morgan fingerprint density at radius 1 is 1.00 bits per heavy atom. The summed E-state index contributed by atoms with van der Waals surface area (Å²) in [5, 5.41) is 4.32. The monoisotopic (exact) mass is 368 g/mol. The smallest absolute Gasteiger partial charge is 0.233 e. The summed E-state index contributed by atoms with van der Waals surface area (Å²) in [4.78, 5) is 15.4. The van der Waals surface area contributed by atoms with E-state index >= 15 is 0 Å². The van der Waals surface area contributed by atoms with Gasteiger partial charge in [0.1, 0.15) is 0 Å². The molecule has 4 heteroatoms. The second kappa shape index (κ2) is 7.32. The minimum atomic E-state index is -0.315. The molecule has 2 fully saturated rings. The van der Waals surface area contributed by atoms with E-state index in [-0.39, 0.29) is 5.41 Å². The number of rotatable bonds is 4. The topological polar surface area (TPSA) is 32.3 Å². The molecule has 1 heterocycles. The molecule has 1 N–H and O–H groups in total. The van der Waals surface area contributed by atoms with Crippen LogP contribution < -0.4 is 5.32 Å². The molecule has 0 bridgehead atoms. The van der Waals surface area contributed by atoms with Crippen LogP contribution in [0.1, 0.15) is 37.7 Å². The molecule has 1 aliphatic carbocycles. The summed E-state index contributed by atoms with van der Waals surface area (Å²) < 4.78 is 0. The quantitative estimate of drug-likeness (QED) is 0.835. The maximum absolute atomic E-state index is 13.3. The van der Waals surface area contributed by atoms with Crippen LogP contribution in [0.15, 0.2) is 54.6 Å². The summed E-state index contributed by atoms with van der Waals surface area (Å²) in [6.07, 6.45) is 5.03. The highest BCUT2D eigenvalue weighted by Crippen LogP contribution is 2.45. The van der Waals surface area contributed by atoms with E-state index in [0.29, 0.717) is 11.9 Å². The van der Waals surface area contributed by atoms with E-state index in [1.807, 2.05) is 42.5 Å². The normalized spacial score (nSPS) is 19.7. The number of halogens is 1. The Labute approximate surface area is 160 Å². The van der Waals surface area contributed by atoms with Crippen molar-refractivity contribution in [3.63, 3.8) is 0 Å². The van der Waals surface area contributed by atoms with Crippen molar-refractivity contribution in [2.75, 3.05) is 18.4 Å². The largest absolute Gasteiger partial charge is 0.382 e. The lowest BCUT2D eigenvalue weighted by molar-refractivity contribution is -0.142. The molecule has 26 heavy (non-hydrogen) atoms. The summed E-state index contributed by atoms with van der Waals surface area (Å²) in [6.45, 7) is 1.66. The zero-order chi connectivity index (χ0) is 18.0. The number of carbonyl (C=O) groups is 1. The van der Waals surface area contributed by atoms with Gasteiger partial charge in [0, 0.05) is 29.8 Å². The molecule has 1 saturated heterocycles. The van der Waals surface area contributed by atoms with E-state index in [2.05, 4.69) is 22.3 Å². The highest BCUT2D eigenvalue weighted by Gasteiger charge is 2.47. The highest BCUT2D eigenvalue weighted by atomic mass is 35.5. The van der Waals surface area contributed by atoms with Gasteiger partial charge in [-0.1, -0.05) is 48.4 Å². The predicted octanol–water partition coefficient (Wildman–Crippen LogP) is 4.86. The fourth-order valence-electron chi connectivity index (χ4n) is 4.22. The number of anilines is 1.